The average molecular weight is 272 g/mol. The largest absolute Gasteiger partial charge is 0.319 e. The van der Waals surface area contributed by atoms with Crippen LogP contribution in [0.1, 0.15) is 32.1 Å². The van der Waals surface area contributed by atoms with Crippen molar-refractivity contribution >= 4 is 0 Å². The number of piperidine rings is 1. The highest BCUT2D eigenvalue weighted by Crippen LogP contribution is 2.16. The number of hydrogen-bond donors (Lipinski definition) is 1. The minimum absolute atomic E-state index is 0.445. The van der Waals surface area contributed by atoms with Crippen molar-refractivity contribution in [3.8, 4) is 0 Å². The zero-order chi connectivity index (χ0) is 13.7. The third-order valence-electron chi connectivity index (χ3n) is 3.69. The first-order valence-corrected chi connectivity index (χ1v) is 6.93. The molecule has 0 saturated carbocycles. The van der Waals surface area contributed by atoms with Crippen LogP contribution in [0.3, 0.4) is 0 Å². The van der Waals surface area contributed by atoms with Gasteiger partial charge >= 0.3 is 6.55 Å². The smallest absolute Gasteiger partial charge is 0.316 e. The predicted octanol–water partition coefficient (Wildman–Crippen LogP) is 2.10. The average Bonchev–Trinajstić information content (AvgIpc) is 2.87. The van der Waals surface area contributed by atoms with Crippen molar-refractivity contribution < 1.29 is 8.78 Å². The maximum absolute atomic E-state index is 12.8. The molecule has 19 heavy (non-hydrogen) atoms. The Hall–Kier alpha value is -1.01. The molecule has 0 radical (unpaired) electrons. The van der Waals surface area contributed by atoms with Gasteiger partial charge in [-0.15, -0.1) is 0 Å². The highest BCUT2D eigenvalue weighted by atomic mass is 19.3. The van der Waals surface area contributed by atoms with Crippen LogP contribution < -0.4 is 5.32 Å². The lowest BCUT2D eigenvalue weighted by Gasteiger charge is -2.29. The Labute approximate surface area is 112 Å². The van der Waals surface area contributed by atoms with Crippen LogP contribution in [0.25, 0.3) is 0 Å². The molecule has 4 nitrogen and oxygen atoms in total. The lowest BCUT2D eigenvalue weighted by Crippen LogP contribution is -2.38. The summed E-state index contributed by atoms with van der Waals surface area (Å²) in [7, 11) is 0. The van der Waals surface area contributed by atoms with E-state index < -0.39 is 6.55 Å². The van der Waals surface area contributed by atoms with Crippen molar-refractivity contribution in [2.24, 2.45) is 5.92 Å². The minimum atomic E-state index is -2.51. The second-order valence-corrected chi connectivity index (χ2v) is 5.07. The topological polar surface area (TPSA) is 33.1 Å². The molecule has 0 aliphatic carbocycles. The van der Waals surface area contributed by atoms with Crippen molar-refractivity contribution in [1.29, 1.82) is 0 Å². The highest BCUT2D eigenvalue weighted by Gasteiger charge is 2.19. The molecule has 1 aromatic rings. The number of hydrogen-bond acceptors (Lipinski definition) is 3. The lowest BCUT2D eigenvalue weighted by atomic mass is 9.99. The van der Waals surface area contributed by atoms with Crippen molar-refractivity contribution in [3.05, 3.63) is 18.2 Å². The molecule has 1 unspecified atom stereocenters. The number of imidazole rings is 1. The van der Waals surface area contributed by atoms with E-state index in [1.165, 1.54) is 25.2 Å². The minimum Gasteiger partial charge on any atom is -0.316 e. The van der Waals surface area contributed by atoms with Crippen molar-refractivity contribution in [1.82, 2.24) is 19.8 Å². The van der Waals surface area contributed by atoms with E-state index in [0.717, 1.165) is 30.7 Å². The first-order chi connectivity index (χ1) is 9.20. The molecule has 6 heteroatoms. The van der Waals surface area contributed by atoms with Gasteiger partial charge < -0.3 is 5.32 Å². The van der Waals surface area contributed by atoms with Gasteiger partial charge in [-0.25, -0.2) is 4.98 Å². The second kappa shape index (κ2) is 6.96. The van der Waals surface area contributed by atoms with E-state index in [-0.39, 0.29) is 0 Å². The van der Waals surface area contributed by atoms with Gasteiger partial charge in [-0.05, 0) is 38.4 Å². The highest BCUT2D eigenvalue weighted by molar-refractivity contribution is 4.93. The summed E-state index contributed by atoms with van der Waals surface area (Å²) in [5.41, 5.74) is 0. The van der Waals surface area contributed by atoms with Crippen LogP contribution in [0.15, 0.2) is 12.4 Å². The van der Waals surface area contributed by atoms with E-state index in [1.807, 2.05) is 0 Å². The van der Waals surface area contributed by atoms with E-state index in [4.69, 9.17) is 0 Å². The molecule has 0 spiro atoms. The predicted molar refractivity (Wildman–Crippen MR) is 70.0 cm³/mol. The molecule has 108 valence electrons. The molecule has 1 saturated heterocycles. The fraction of sp³-hybridized carbons (Fsp3) is 0.769. The van der Waals surface area contributed by atoms with Crippen LogP contribution in [-0.2, 0) is 6.54 Å². The van der Waals surface area contributed by atoms with Crippen LogP contribution in [0.5, 0.6) is 0 Å². The molecular formula is C13H22F2N4. The fourth-order valence-electron chi connectivity index (χ4n) is 2.59. The molecule has 1 aromatic heterocycles. The van der Waals surface area contributed by atoms with Crippen LogP contribution in [0.2, 0.25) is 0 Å². The molecule has 1 aliphatic heterocycles. The number of nitrogens with zero attached hydrogens (tertiary/aromatic N) is 3. The van der Waals surface area contributed by atoms with Gasteiger partial charge in [0.25, 0.3) is 0 Å². The summed E-state index contributed by atoms with van der Waals surface area (Å²) in [6, 6.07) is 0. The quantitative estimate of drug-likeness (QED) is 0.861. The standard InChI is InChI=1S/C13H22F2N4/c1-2-18(9-11-4-3-5-16-8-11)10-12-17-6-7-19(12)13(14)15/h6-7,11,13,16H,2-5,8-10H2,1H3. The van der Waals surface area contributed by atoms with Crippen LogP contribution in [-0.4, -0.2) is 40.6 Å². The van der Waals surface area contributed by atoms with E-state index >= 15 is 0 Å². The summed E-state index contributed by atoms with van der Waals surface area (Å²) in [6.45, 7) is 3.97. The van der Waals surface area contributed by atoms with Gasteiger partial charge in [0.2, 0.25) is 0 Å². The molecule has 0 amide bonds. The number of aromatic nitrogens is 2. The maximum atomic E-state index is 12.8. The fourth-order valence-corrected chi connectivity index (χ4v) is 2.59. The van der Waals surface area contributed by atoms with Crippen molar-refractivity contribution in [2.75, 3.05) is 26.2 Å². The SMILES string of the molecule is CCN(Cc1nccn1C(F)F)CC1CCCNC1. The van der Waals surface area contributed by atoms with E-state index in [2.05, 4.69) is 22.1 Å². The normalized spacial score (nSPS) is 20.4. The first kappa shape index (κ1) is 14.4. The van der Waals surface area contributed by atoms with Gasteiger partial charge in [-0.3, -0.25) is 9.47 Å². The van der Waals surface area contributed by atoms with E-state index in [0.29, 0.717) is 18.3 Å². The molecule has 0 aromatic carbocycles. The summed E-state index contributed by atoms with van der Waals surface area (Å²) < 4.78 is 26.5. The van der Waals surface area contributed by atoms with Gasteiger partial charge in [-0.1, -0.05) is 6.92 Å². The Morgan fingerprint density at radius 2 is 2.42 bits per heavy atom. The molecule has 0 bridgehead atoms. The van der Waals surface area contributed by atoms with E-state index in [9.17, 15) is 8.78 Å². The van der Waals surface area contributed by atoms with Gasteiger partial charge in [0.15, 0.2) is 0 Å². The van der Waals surface area contributed by atoms with Crippen LogP contribution in [0.4, 0.5) is 8.78 Å². The summed E-state index contributed by atoms with van der Waals surface area (Å²) in [6.07, 6.45) is 5.20. The monoisotopic (exact) mass is 272 g/mol. The Morgan fingerprint density at radius 1 is 1.58 bits per heavy atom. The van der Waals surface area contributed by atoms with Gasteiger partial charge in [0.05, 0.1) is 6.54 Å². The lowest BCUT2D eigenvalue weighted by molar-refractivity contribution is 0.0633. The first-order valence-electron chi connectivity index (χ1n) is 6.93. The summed E-state index contributed by atoms with van der Waals surface area (Å²) >= 11 is 0. The molecule has 1 aliphatic rings. The molecule has 2 heterocycles. The number of alkyl halides is 2. The molecule has 2 rings (SSSR count). The van der Waals surface area contributed by atoms with Gasteiger partial charge in [0, 0.05) is 18.9 Å². The Morgan fingerprint density at radius 3 is 3.05 bits per heavy atom. The number of rotatable bonds is 6. The van der Waals surface area contributed by atoms with Crippen molar-refractivity contribution in [2.45, 2.75) is 32.9 Å². The molecular weight excluding hydrogens is 250 g/mol. The van der Waals surface area contributed by atoms with Crippen LogP contribution in [0, 0.1) is 5.92 Å². The zero-order valence-electron chi connectivity index (χ0n) is 11.4. The summed E-state index contributed by atoms with van der Waals surface area (Å²) in [4.78, 5) is 6.24. The third kappa shape index (κ3) is 3.98. The molecule has 1 N–H and O–H groups in total. The Bertz CT molecular complexity index is 374. The number of nitrogens with one attached hydrogen (secondary N) is 1. The maximum Gasteiger partial charge on any atom is 0.319 e. The zero-order valence-corrected chi connectivity index (χ0v) is 11.4. The molecule has 1 atom stereocenters. The third-order valence-corrected chi connectivity index (χ3v) is 3.69. The Kier molecular flexibility index (Phi) is 5.27. The summed E-state index contributed by atoms with van der Waals surface area (Å²) in [5, 5.41) is 3.39. The van der Waals surface area contributed by atoms with Crippen LogP contribution >= 0.6 is 0 Å². The number of halogens is 2. The van der Waals surface area contributed by atoms with E-state index in [1.54, 1.807) is 0 Å². The van der Waals surface area contributed by atoms with Gasteiger partial charge in [0.1, 0.15) is 5.82 Å². The summed E-state index contributed by atoms with van der Waals surface area (Å²) in [5.74, 6) is 1.06. The van der Waals surface area contributed by atoms with Gasteiger partial charge in [-0.2, -0.15) is 8.78 Å². The Balaban J connectivity index is 1.92. The molecule has 1 fully saturated rings. The second-order valence-electron chi connectivity index (χ2n) is 5.07. The van der Waals surface area contributed by atoms with Crippen molar-refractivity contribution in [3.63, 3.8) is 0 Å².